The van der Waals surface area contributed by atoms with Gasteiger partial charge in [-0.1, -0.05) is 24.3 Å². The Bertz CT molecular complexity index is 1280. The number of amides is 3. The number of nitrogens with zero attached hydrogens (tertiary/aromatic N) is 2. The number of ether oxygens (including phenoxy) is 1. The Morgan fingerprint density at radius 3 is 2.68 bits per heavy atom. The first-order valence-corrected chi connectivity index (χ1v) is 11.1. The second-order valence-electron chi connectivity index (χ2n) is 6.94. The van der Waals surface area contributed by atoms with E-state index in [4.69, 9.17) is 9.15 Å². The number of rotatable bonds is 8. The minimum Gasteiger partial charge on any atom is -0.467 e. The van der Waals surface area contributed by atoms with E-state index in [1.165, 1.54) is 23.7 Å². The van der Waals surface area contributed by atoms with Gasteiger partial charge in [0.1, 0.15) is 11.5 Å². The Morgan fingerprint density at radius 2 is 1.94 bits per heavy atom. The summed E-state index contributed by atoms with van der Waals surface area (Å²) >= 11 is 1.53. The molecule has 4 aromatic rings. The number of hydrogen-bond donors (Lipinski definition) is 2. The lowest BCUT2D eigenvalue weighted by Crippen LogP contribution is -2.41. The minimum atomic E-state index is -0.755. The van der Waals surface area contributed by atoms with Gasteiger partial charge in [-0.25, -0.2) is 14.3 Å². The van der Waals surface area contributed by atoms with Crippen molar-refractivity contribution in [2.45, 2.75) is 6.54 Å². The number of urea groups is 1. The van der Waals surface area contributed by atoms with Crippen LogP contribution >= 0.6 is 11.3 Å². The van der Waals surface area contributed by atoms with Gasteiger partial charge in [0.15, 0.2) is 6.61 Å². The smallest absolute Gasteiger partial charge is 0.331 e. The number of aromatic nitrogens is 2. The lowest BCUT2D eigenvalue weighted by molar-refractivity contribution is -0.143. The SMILES string of the molecule is O=C(COC(=O)/C=C/c1cn(-c2ccccc2)nc1-c1cccs1)NC(=O)NCc1ccco1. The van der Waals surface area contributed by atoms with Gasteiger partial charge < -0.3 is 14.5 Å². The third kappa shape index (κ3) is 6.08. The molecular formula is C24H20N4O5S. The maximum atomic E-state index is 12.1. The van der Waals surface area contributed by atoms with Crippen molar-refractivity contribution < 1.29 is 23.5 Å². The molecule has 0 spiro atoms. The molecule has 0 fully saturated rings. The van der Waals surface area contributed by atoms with Gasteiger partial charge in [-0.2, -0.15) is 5.10 Å². The van der Waals surface area contributed by atoms with Crippen LogP contribution in [-0.2, 0) is 20.9 Å². The van der Waals surface area contributed by atoms with E-state index in [0.717, 1.165) is 10.6 Å². The van der Waals surface area contributed by atoms with Crippen molar-refractivity contribution in [2.24, 2.45) is 0 Å². The van der Waals surface area contributed by atoms with E-state index >= 15 is 0 Å². The maximum Gasteiger partial charge on any atom is 0.331 e. The molecule has 0 aliphatic rings. The molecule has 0 radical (unpaired) electrons. The Hall–Kier alpha value is -4.44. The Morgan fingerprint density at radius 1 is 1.09 bits per heavy atom. The Labute approximate surface area is 198 Å². The van der Waals surface area contributed by atoms with Crippen LogP contribution in [0.3, 0.4) is 0 Å². The number of thiophene rings is 1. The summed E-state index contributed by atoms with van der Waals surface area (Å²) in [7, 11) is 0. The first kappa shape index (κ1) is 22.7. The zero-order chi connectivity index (χ0) is 23.8. The van der Waals surface area contributed by atoms with E-state index < -0.39 is 24.5 Å². The average Bonchev–Trinajstić information content (AvgIpc) is 3.62. The van der Waals surface area contributed by atoms with Crippen molar-refractivity contribution in [1.82, 2.24) is 20.4 Å². The maximum absolute atomic E-state index is 12.1. The number of esters is 1. The van der Waals surface area contributed by atoms with Gasteiger partial charge in [-0.3, -0.25) is 10.1 Å². The van der Waals surface area contributed by atoms with Crippen LogP contribution in [0.5, 0.6) is 0 Å². The number of nitrogens with one attached hydrogen (secondary N) is 2. The number of furan rings is 1. The van der Waals surface area contributed by atoms with Crippen molar-refractivity contribution >= 4 is 35.3 Å². The minimum absolute atomic E-state index is 0.123. The molecule has 0 bridgehead atoms. The van der Waals surface area contributed by atoms with Crippen molar-refractivity contribution in [3.63, 3.8) is 0 Å². The van der Waals surface area contributed by atoms with Crippen molar-refractivity contribution in [1.29, 1.82) is 0 Å². The van der Waals surface area contributed by atoms with Gasteiger partial charge in [-0.15, -0.1) is 11.3 Å². The average molecular weight is 477 g/mol. The van der Waals surface area contributed by atoms with Gasteiger partial charge >= 0.3 is 12.0 Å². The lowest BCUT2D eigenvalue weighted by atomic mass is 10.2. The summed E-state index contributed by atoms with van der Waals surface area (Å²) in [4.78, 5) is 36.7. The van der Waals surface area contributed by atoms with Gasteiger partial charge in [0.05, 0.1) is 23.4 Å². The lowest BCUT2D eigenvalue weighted by Gasteiger charge is -2.05. The molecule has 0 aliphatic carbocycles. The van der Waals surface area contributed by atoms with Crippen molar-refractivity contribution in [3.8, 4) is 16.3 Å². The van der Waals surface area contributed by atoms with Crippen LogP contribution in [0.15, 0.2) is 82.9 Å². The molecule has 3 amide bonds. The van der Waals surface area contributed by atoms with Crippen LogP contribution in [0.25, 0.3) is 22.3 Å². The summed E-state index contributed by atoms with van der Waals surface area (Å²) < 4.78 is 11.7. The van der Waals surface area contributed by atoms with Crippen molar-refractivity contribution in [2.75, 3.05) is 6.61 Å². The van der Waals surface area contributed by atoms with E-state index in [2.05, 4.69) is 15.7 Å². The molecule has 3 heterocycles. The highest BCUT2D eigenvalue weighted by Gasteiger charge is 2.13. The zero-order valence-corrected chi connectivity index (χ0v) is 18.7. The summed E-state index contributed by atoms with van der Waals surface area (Å²) in [5.74, 6) is -0.942. The largest absolute Gasteiger partial charge is 0.467 e. The predicted molar refractivity (Wildman–Crippen MR) is 126 cm³/mol. The molecule has 3 aromatic heterocycles. The molecule has 0 unspecified atom stereocenters. The van der Waals surface area contributed by atoms with Gasteiger partial charge in [0, 0.05) is 17.8 Å². The van der Waals surface area contributed by atoms with E-state index in [9.17, 15) is 14.4 Å². The topological polar surface area (TPSA) is 115 Å². The molecule has 0 saturated carbocycles. The molecule has 172 valence electrons. The molecule has 4 rings (SSSR count). The molecule has 34 heavy (non-hydrogen) atoms. The summed E-state index contributed by atoms with van der Waals surface area (Å²) in [5.41, 5.74) is 2.31. The van der Waals surface area contributed by atoms with Gasteiger partial charge in [0.2, 0.25) is 0 Å². The first-order chi connectivity index (χ1) is 16.6. The third-order valence-corrected chi connectivity index (χ3v) is 5.40. The molecule has 0 saturated heterocycles. The third-order valence-electron chi connectivity index (χ3n) is 4.52. The molecule has 0 atom stereocenters. The van der Waals surface area contributed by atoms with Gasteiger partial charge in [0.25, 0.3) is 5.91 Å². The number of benzene rings is 1. The first-order valence-electron chi connectivity index (χ1n) is 10.2. The van der Waals surface area contributed by atoms with E-state index in [1.54, 1.807) is 22.9 Å². The fourth-order valence-corrected chi connectivity index (χ4v) is 3.69. The Kier molecular flexibility index (Phi) is 7.31. The quantitative estimate of drug-likeness (QED) is 0.295. The standard InChI is InChI=1S/C24H20N4O5S/c29-21(26-24(31)25-14-19-8-4-12-32-19)16-33-22(30)11-10-17-15-28(18-6-2-1-3-7-18)27-23(17)20-9-5-13-34-20/h1-13,15H,14,16H2,(H2,25,26,29,31)/b11-10+. The summed E-state index contributed by atoms with van der Waals surface area (Å²) in [6, 6.07) is 16.1. The molecule has 9 nitrogen and oxygen atoms in total. The van der Waals surface area contributed by atoms with Crippen LogP contribution in [0.2, 0.25) is 0 Å². The number of carbonyl (C=O) groups is 3. The Balaban J connectivity index is 1.33. The van der Waals surface area contributed by atoms with Crippen LogP contribution in [0, 0.1) is 0 Å². The van der Waals surface area contributed by atoms with Crippen LogP contribution in [0.4, 0.5) is 4.79 Å². The fourth-order valence-electron chi connectivity index (χ4n) is 2.96. The number of carbonyl (C=O) groups excluding carboxylic acids is 3. The number of imide groups is 1. The molecule has 10 heteroatoms. The van der Waals surface area contributed by atoms with Crippen LogP contribution in [0.1, 0.15) is 11.3 Å². The highest BCUT2D eigenvalue weighted by molar-refractivity contribution is 7.13. The fraction of sp³-hybridized carbons (Fsp3) is 0.0833. The highest BCUT2D eigenvalue weighted by atomic mass is 32.1. The molecule has 0 aliphatic heterocycles. The highest BCUT2D eigenvalue weighted by Crippen LogP contribution is 2.28. The van der Waals surface area contributed by atoms with E-state index in [1.807, 2.05) is 54.0 Å². The van der Waals surface area contributed by atoms with E-state index in [-0.39, 0.29) is 6.54 Å². The van der Waals surface area contributed by atoms with Gasteiger partial charge in [-0.05, 0) is 41.8 Å². The summed E-state index contributed by atoms with van der Waals surface area (Å²) in [6.45, 7) is -0.476. The number of para-hydroxylation sites is 1. The van der Waals surface area contributed by atoms with Crippen molar-refractivity contribution in [3.05, 3.63) is 89.8 Å². The summed E-state index contributed by atoms with van der Waals surface area (Å²) in [6.07, 6.45) is 6.08. The monoisotopic (exact) mass is 476 g/mol. The number of hydrogen-bond acceptors (Lipinski definition) is 7. The second-order valence-corrected chi connectivity index (χ2v) is 7.89. The molecule has 1 aromatic carbocycles. The van der Waals surface area contributed by atoms with E-state index in [0.29, 0.717) is 17.0 Å². The van der Waals surface area contributed by atoms with Crippen LogP contribution < -0.4 is 10.6 Å². The predicted octanol–water partition coefficient (Wildman–Crippen LogP) is 3.78. The normalized spacial score (nSPS) is 10.8. The zero-order valence-electron chi connectivity index (χ0n) is 17.8. The van der Waals surface area contributed by atoms with Crippen LogP contribution in [-0.4, -0.2) is 34.3 Å². The molecular weight excluding hydrogens is 456 g/mol. The second kappa shape index (κ2) is 10.9. The molecule has 2 N–H and O–H groups in total. The summed E-state index contributed by atoms with van der Waals surface area (Å²) in [5, 5.41) is 11.1.